The average molecular weight is 295 g/mol. The van der Waals surface area contributed by atoms with Crippen molar-refractivity contribution in [3.63, 3.8) is 0 Å². The molecule has 0 saturated heterocycles. The molecule has 22 heavy (non-hydrogen) atoms. The van der Waals surface area contributed by atoms with E-state index in [1.54, 1.807) is 23.0 Å². The standard InChI is InChI=1S/C15H13N5O2/c16-13-6-4-11(5-7-13)10-19-15(9-17-18-19)12-2-1-3-14(8-12)20(21)22/h1-9H,10,16H2. The number of nitro benzene ring substituents is 1. The largest absolute Gasteiger partial charge is 0.399 e. The van der Waals surface area contributed by atoms with E-state index in [0.29, 0.717) is 17.8 Å². The molecule has 1 heterocycles. The highest BCUT2D eigenvalue weighted by molar-refractivity contribution is 5.62. The van der Waals surface area contributed by atoms with E-state index < -0.39 is 4.92 Å². The van der Waals surface area contributed by atoms with Gasteiger partial charge in [0.25, 0.3) is 5.69 Å². The molecule has 3 rings (SSSR count). The lowest BCUT2D eigenvalue weighted by Gasteiger charge is -2.07. The van der Waals surface area contributed by atoms with Crippen molar-refractivity contribution in [3.8, 4) is 11.3 Å². The number of nitrogens with zero attached hydrogens (tertiary/aromatic N) is 4. The van der Waals surface area contributed by atoms with Crippen LogP contribution in [0.25, 0.3) is 11.3 Å². The third kappa shape index (κ3) is 2.78. The predicted octanol–water partition coefficient (Wildman–Crippen LogP) is 2.48. The molecule has 0 saturated carbocycles. The maximum Gasteiger partial charge on any atom is 0.270 e. The molecule has 1 aromatic heterocycles. The number of aromatic nitrogens is 3. The summed E-state index contributed by atoms with van der Waals surface area (Å²) in [6.45, 7) is 0.512. The van der Waals surface area contributed by atoms with Crippen LogP contribution >= 0.6 is 0 Å². The van der Waals surface area contributed by atoms with Gasteiger partial charge >= 0.3 is 0 Å². The Hall–Kier alpha value is -3.22. The first-order valence-electron chi connectivity index (χ1n) is 6.61. The van der Waals surface area contributed by atoms with E-state index >= 15 is 0 Å². The van der Waals surface area contributed by atoms with Crippen LogP contribution in [0.1, 0.15) is 5.56 Å². The average Bonchev–Trinajstić information content (AvgIpc) is 2.98. The van der Waals surface area contributed by atoms with Gasteiger partial charge in [0.05, 0.1) is 23.4 Å². The number of benzene rings is 2. The molecule has 0 aliphatic rings. The van der Waals surface area contributed by atoms with E-state index in [0.717, 1.165) is 11.3 Å². The van der Waals surface area contributed by atoms with Gasteiger partial charge < -0.3 is 5.73 Å². The number of hydrogen-bond donors (Lipinski definition) is 1. The highest BCUT2D eigenvalue weighted by Gasteiger charge is 2.11. The van der Waals surface area contributed by atoms with Crippen molar-refractivity contribution in [2.75, 3.05) is 5.73 Å². The van der Waals surface area contributed by atoms with E-state index in [1.165, 1.54) is 12.1 Å². The second-order valence-corrected chi connectivity index (χ2v) is 4.83. The normalized spacial score (nSPS) is 10.5. The molecule has 3 aromatic rings. The minimum atomic E-state index is -0.419. The summed E-state index contributed by atoms with van der Waals surface area (Å²) in [6, 6.07) is 13.9. The summed E-state index contributed by atoms with van der Waals surface area (Å²) in [7, 11) is 0. The van der Waals surface area contributed by atoms with Gasteiger partial charge in [0.1, 0.15) is 0 Å². The van der Waals surface area contributed by atoms with Gasteiger partial charge in [-0.3, -0.25) is 10.1 Å². The third-order valence-corrected chi connectivity index (χ3v) is 3.28. The van der Waals surface area contributed by atoms with Crippen LogP contribution in [0.5, 0.6) is 0 Å². The Morgan fingerprint density at radius 1 is 1.18 bits per heavy atom. The first kappa shape index (κ1) is 13.7. The minimum absolute atomic E-state index is 0.0396. The lowest BCUT2D eigenvalue weighted by molar-refractivity contribution is -0.384. The fourth-order valence-corrected chi connectivity index (χ4v) is 2.17. The number of hydrogen-bond acceptors (Lipinski definition) is 5. The lowest BCUT2D eigenvalue weighted by atomic mass is 10.1. The molecule has 0 amide bonds. The quantitative estimate of drug-likeness (QED) is 0.453. The van der Waals surface area contributed by atoms with E-state index in [9.17, 15) is 10.1 Å². The molecule has 110 valence electrons. The lowest BCUT2D eigenvalue weighted by Crippen LogP contribution is -2.04. The summed E-state index contributed by atoms with van der Waals surface area (Å²) < 4.78 is 1.70. The molecular formula is C15H13N5O2. The molecule has 7 heteroatoms. The Labute approximate surface area is 126 Å². The topological polar surface area (TPSA) is 99.9 Å². The van der Waals surface area contributed by atoms with Gasteiger partial charge in [0.2, 0.25) is 0 Å². The van der Waals surface area contributed by atoms with E-state index in [2.05, 4.69) is 10.3 Å². The second kappa shape index (κ2) is 5.65. The Balaban J connectivity index is 1.93. The summed E-state index contributed by atoms with van der Waals surface area (Å²) in [4.78, 5) is 10.5. The highest BCUT2D eigenvalue weighted by atomic mass is 16.6. The molecule has 0 bridgehead atoms. The number of anilines is 1. The van der Waals surface area contributed by atoms with Crippen molar-refractivity contribution in [1.82, 2.24) is 15.0 Å². The van der Waals surface area contributed by atoms with Crippen LogP contribution in [0.4, 0.5) is 11.4 Å². The Kier molecular flexibility index (Phi) is 3.53. The predicted molar refractivity (Wildman–Crippen MR) is 82.1 cm³/mol. The molecule has 0 atom stereocenters. The Morgan fingerprint density at radius 2 is 1.95 bits per heavy atom. The summed E-state index contributed by atoms with van der Waals surface area (Å²) in [5.41, 5.74) is 8.85. The number of nitrogen functional groups attached to an aromatic ring is 1. The first-order chi connectivity index (χ1) is 10.6. The minimum Gasteiger partial charge on any atom is -0.399 e. The molecular weight excluding hydrogens is 282 g/mol. The van der Waals surface area contributed by atoms with Crippen molar-refractivity contribution in [2.24, 2.45) is 0 Å². The Bertz CT molecular complexity index is 811. The molecule has 0 spiro atoms. The number of nitro groups is 1. The van der Waals surface area contributed by atoms with Crippen LogP contribution in [0.3, 0.4) is 0 Å². The molecule has 2 aromatic carbocycles. The van der Waals surface area contributed by atoms with Gasteiger partial charge in [-0.05, 0) is 17.7 Å². The molecule has 0 unspecified atom stereocenters. The highest BCUT2D eigenvalue weighted by Crippen LogP contribution is 2.23. The fraction of sp³-hybridized carbons (Fsp3) is 0.0667. The van der Waals surface area contributed by atoms with Gasteiger partial charge in [0.15, 0.2) is 0 Å². The first-order valence-corrected chi connectivity index (χ1v) is 6.61. The second-order valence-electron chi connectivity index (χ2n) is 4.83. The maximum absolute atomic E-state index is 10.9. The van der Waals surface area contributed by atoms with Gasteiger partial charge in [0, 0.05) is 23.4 Å². The van der Waals surface area contributed by atoms with E-state index in [4.69, 9.17) is 5.73 Å². The zero-order chi connectivity index (χ0) is 15.5. The molecule has 0 aliphatic carbocycles. The van der Waals surface area contributed by atoms with Crippen LogP contribution in [0, 0.1) is 10.1 Å². The van der Waals surface area contributed by atoms with Crippen LogP contribution in [0.2, 0.25) is 0 Å². The molecule has 0 fully saturated rings. The van der Waals surface area contributed by atoms with Crippen molar-refractivity contribution in [1.29, 1.82) is 0 Å². The van der Waals surface area contributed by atoms with E-state index in [1.807, 2.05) is 24.3 Å². The molecule has 0 aliphatic heterocycles. The molecule has 7 nitrogen and oxygen atoms in total. The third-order valence-electron chi connectivity index (χ3n) is 3.28. The number of nitrogens with two attached hydrogens (primary N) is 1. The van der Waals surface area contributed by atoms with Gasteiger partial charge in [-0.15, -0.1) is 5.10 Å². The van der Waals surface area contributed by atoms with Crippen LogP contribution in [-0.2, 0) is 6.54 Å². The van der Waals surface area contributed by atoms with Gasteiger partial charge in [-0.2, -0.15) is 0 Å². The number of rotatable bonds is 4. The van der Waals surface area contributed by atoms with Crippen LogP contribution < -0.4 is 5.73 Å². The van der Waals surface area contributed by atoms with Crippen molar-refractivity contribution in [2.45, 2.75) is 6.54 Å². The van der Waals surface area contributed by atoms with Crippen LogP contribution in [0.15, 0.2) is 54.7 Å². The van der Waals surface area contributed by atoms with Gasteiger partial charge in [-0.1, -0.05) is 29.5 Å². The fourth-order valence-electron chi connectivity index (χ4n) is 2.17. The summed E-state index contributed by atoms with van der Waals surface area (Å²) in [6.07, 6.45) is 1.59. The zero-order valence-corrected chi connectivity index (χ0v) is 11.6. The van der Waals surface area contributed by atoms with Gasteiger partial charge in [-0.25, -0.2) is 4.68 Å². The summed E-state index contributed by atoms with van der Waals surface area (Å²) >= 11 is 0. The number of non-ortho nitro benzene ring substituents is 1. The smallest absolute Gasteiger partial charge is 0.270 e. The molecule has 0 radical (unpaired) electrons. The van der Waals surface area contributed by atoms with Crippen molar-refractivity contribution < 1.29 is 4.92 Å². The van der Waals surface area contributed by atoms with Crippen molar-refractivity contribution >= 4 is 11.4 Å². The SMILES string of the molecule is Nc1ccc(Cn2nncc2-c2cccc([N+](=O)[O-])c2)cc1. The zero-order valence-electron chi connectivity index (χ0n) is 11.6. The molecule has 2 N–H and O–H groups in total. The van der Waals surface area contributed by atoms with Crippen LogP contribution in [-0.4, -0.2) is 19.9 Å². The summed E-state index contributed by atoms with van der Waals surface area (Å²) in [5.74, 6) is 0. The van der Waals surface area contributed by atoms with E-state index in [-0.39, 0.29) is 5.69 Å². The van der Waals surface area contributed by atoms with Crippen molar-refractivity contribution in [3.05, 3.63) is 70.4 Å². The summed E-state index contributed by atoms with van der Waals surface area (Å²) in [5, 5.41) is 18.8. The monoisotopic (exact) mass is 295 g/mol. The maximum atomic E-state index is 10.9. The Morgan fingerprint density at radius 3 is 2.68 bits per heavy atom.